The van der Waals surface area contributed by atoms with Crippen LogP contribution in [0.25, 0.3) is 0 Å². The quantitative estimate of drug-likeness (QED) is 0.461. The summed E-state index contributed by atoms with van der Waals surface area (Å²) in [6.07, 6.45) is 7.53. The summed E-state index contributed by atoms with van der Waals surface area (Å²) >= 11 is 0. The van der Waals surface area contributed by atoms with Gasteiger partial charge in [0.15, 0.2) is 5.78 Å². The zero-order valence-electron chi connectivity index (χ0n) is 11.0. The molecule has 1 heteroatoms. The van der Waals surface area contributed by atoms with E-state index in [1.807, 2.05) is 19.9 Å². The summed E-state index contributed by atoms with van der Waals surface area (Å²) in [6.45, 7) is 15.7. The van der Waals surface area contributed by atoms with Crippen LogP contribution in [0.1, 0.15) is 40.5 Å². The number of rotatable bonds is 7. The van der Waals surface area contributed by atoms with Crippen LogP contribution in [0.2, 0.25) is 0 Å². The maximum absolute atomic E-state index is 11.3. The van der Waals surface area contributed by atoms with Gasteiger partial charge in [-0.2, -0.15) is 0 Å². The molecule has 0 amide bonds. The van der Waals surface area contributed by atoms with Crippen LogP contribution in [0.3, 0.4) is 0 Å². The maximum atomic E-state index is 11.3. The van der Waals surface area contributed by atoms with Crippen molar-refractivity contribution in [3.63, 3.8) is 0 Å². The van der Waals surface area contributed by atoms with E-state index in [-0.39, 0.29) is 17.1 Å². The standard InChI is InChI=1S/C15H24O/c1-7-14(16)13(4)9-11-15(5,6)10-8-12(2)3/h7-8,10,13H,1-2,9,11H2,3-6H3/b10-8+. The van der Waals surface area contributed by atoms with Crippen LogP contribution in [-0.2, 0) is 4.79 Å². The molecule has 90 valence electrons. The van der Waals surface area contributed by atoms with Crippen LogP contribution in [0, 0.1) is 11.3 Å². The third kappa shape index (κ3) is 6.39. The highest BCUT2D eigenvalue weighted by Gasteiger charge is 2.17. The molecule has 0 aliphatic heterocycles. The number of hydrogen-bond acceptors (Lipinski definition) is 1. The van der Waals surface area contributed by atoms with Crippen molar-refractivity contribution in [1.82, 2.24) is 0 Å². The Hall–Kier alpha value is -1.11. The lowest BCUT2D eigenvalue weighted by Gasteiger charge is -2.21. The van der Waals surface area contributed by atoms with Crippen LogP contribution in [0.15, 0.2) is 37.0 Å². The first-order chi connectivity index (χ1) is 7.28. The Kier molecular flexibility index (Phi) is 6.02. The fraction of sp³-hybridized carbons (Fsp3) is 0.533. The topological polar surface area (TPSA) is 17.1 Å². The molecule has 1 unspecified atom stereocenters. The van der Waals surface area contributed by atoms with E-state index >= 15 is 0 Å². The molecule has 1 atom stereocenters. The van der Waals surface area contributed by atoms with Gasteiger partial charge >= 0.3 is 0 Å². The Balaban J connectivity index is 4.23. The van der Waals surface area contributed by atoms with Crippen LogP contribution in [-0.4, -0.2) is 5.78 Å². The van der Waals surface area contributed by atoms with Crippen LogP contribution in [0.5, 0.6) is 0 Å². The van der Waals surface area contributed by atoms with Crippen molar-refractivity contribution in [3.05, 3.63) is 37.0 Å². The van der Waals surface area contributed by atoms with Gasteiger partial charge in [0.25, 0.3) is 0 Å². The largest absolute Gasteiger partial charge is 0.295 e. The fourth-order valence-corrected chi connectivity index (χ4v) is 1.38. The van der Waals surface area contributed by atoms with E-state index in [0.29, 0.717) is 0 Å². The molecule has 0 aliphatic rings. The second-order valence-corrected chi connectivity index (χ2v) is 5.21. The maximum Gasteiger partial charge on any atom is 0.157 e. The van der Waals surface area contributed by atoms with Gasteiger partial charge in [0.2, 0.25) is 0 Å². The first kappa shape index (κ1) is 14.9. The highest BCUT2D eigenvalue weighted by molar-refractivity contribution is 5.90. The number of carbonyl (C=O) groups excluding carboxylic acids is 1. The zero-order valence-corrected chi connectivity index (χ0v) is 11.0. The number of ketones is 1. The Labute approximate surface area is 99.9 Å². The molecule has 1 nitrogen and oxygen atoms in total. The third-order valence-electron chi connectivity index (χ3n) is 2.73. The molecule has 0 spiro atoms. The van der Waals surface area contributed by atoms with Gasteiger partial charge < -0.3 is 0 Å². The summed E-state index contributed by atoms with van der Waals surface area (Å²) in [5.74, 6) is 0.217. The van der Waals surface area contributed by atoms with Gasteiger partial charge in [-0.1, -0.05) is 51.7 Å². The molecule has 0 aromatic carbocycles. The molecule has 0 radical (unpaired) electrons. The molecule has 0 bridgehead atoms. The van der Waals surface area contributed by atoms with Gasteiger partial charge in [-0.25, -0.2) is 0 Å². The van der Waals surface area contributed by atoms with Crippen molar-refractivity contribution in [2.24, 2.45) is 11.3 Å². The van der Waals surface area contributed by atoms with Gasteiger partial charge in [-0.05, 0) is 31.3 Å². The molecule has 0 saturated carbocycles. The van der Waals surface area contributed by atoms with E-state index in [9.17, 15) is 4.79 Å². The van der Waals surface area contributed by atoms with Gasteiger partial charge in [0.05, 0.1) is 0 Å². The summed E-state index contributed by atoms with van der Waals surface area (Å²) in [5.41, 5.74) is 1.18. The second kappa shape index (κ2) is 6.47. The van der Waals surface area contributed by atoms with Crippen molar-refractivity contribution in [3.8, 4) is 0 Å². The molecule has 0 N–H and O–H groups in total. The first-order valence-electron chi connectivity index (χ1n) is 5.79. The van der Waals surface area contributed by atoms with Crippen molar-refractivity contribution >= 4 is 5.78 Å². The number of carbonyl (C=O) groups is 1. The Morgan fingerprint density at radius 3 is 2.44 bits per heavy atom. The molecule has 16 heavy (non-hydrogen) atoms. The van der Waals surface area contributed by atoms with E-state index < -0.39 is 0 Å². The summed E-state index contributed by atoms with van der Waals surface area (Å²) in [6, 6.07) is 0. The lowest BCUT2D eigenvalue weighted by molar-refractivity contribution is -0.118. The second-order valence-electron chi connectivity index (χ2n) is 5.21. The molecular weight excluding hydrogens is 196 g/mol. The molecule has 0 heterocycles. The minimum Gasteiger partial charge on any atom is -0.295 e. The average molecular weight is 220 g/mol. The minimum atomic E-state index is 0.0787. The normalized spacial score (nSPS) is 13.8. The van der Waals surface area contributed by atoms with E-state index in [0.717, 1.165) is 18.4 Å². The van der Waals surface area contributed by atoms with Gasteiger partial charge in [0.1, 0.15) is 0 Å². The van der Waals surface area contributed by atoms with E-state index in [1.165, 1.54) is 6.08 Å². The average Bonchev–Trinajstić information content (AvgIpc) is 2.22. The van der Waals surface area contributed by atoms with Gasteiger partial charge in [-0.15, -0.1) is 0 Å². The van der Waals surface area contributed by atoms with E-state index in [4.69, 9.17) is 0 Å². The predicted octanol–water partition coefficient (Wildman–Crippen LogP) is 4.32. The van der Waals surface area contributed by atoms with Gasteiger partial charge in [-0.3, -0.25) is 4.79 Å². The highest BCUT2D eigenvalue weighted by atomic mass is 16.1. The molecular formula is C15H24O. The molecule has 0 saturated heterocycles. The lowest BCUT2D eigenvalue weighted by atomic mass is 9.83. The van der Waals surface area contributed by atoms with Crippen LogP contribution < -0.4 is 0 Å². The lowest BCUT2D eigenvalue weighted by Crippen LogP contribution is -2.13. The molecule has 0 rings (SSSR count). The molecule has 0 fully saturated rings. The minimum absolute atomic E-state index is 0.0787. The third-order valence-corrected chi connectivity index (χ3v) is 2.73. The Morgan fingerprint density at radius 1 is 1.44 bits per heavy atom. The Bertz CT molecular complexity index is 295. The first-order valence-corrected chi connectivity index (χ1v) is 5.79. The highest BCUT2D eigenvalue weighted by Crippen LogP contribution is 2.27. The summed E-state index contributed by atoms with van der Waals surface area (Å²) in [5, 5.41) is 0. The number of allylic oxidation sites excluding steroid dienone is 4. The predicted molar refractivity (Wildman–Crippen MR) is 71.3 cm³/mol. The Morgan fingerprint density at radius 2 is 2.00 bits per heavy atom. The van der Waals surface area contributed by atoms with Crippen LogP contribution >= 0.6 is 0 Å². The van der Waals surface area contributed by atoms with Crippen LogP contribution in [0.4, 0.5) is 0 Å². The fourth-order valence-electron chi connectivity index (χ4n) is 1.38. The van der Waals surface area contributed by atoms with E-state index in [1.54, 1.807) is 0 Å². The monoisotopic (exact) mass is 220 g/mol. The SMILES string of the molecule is C=CC(=O)C(C)CCC(C)(C)/C=C/C(=C)C. The summed E-state index contributed by atoms with van der Waals surface area (Å²) < 4.78 is 0. The van der Waals surface area contributed by atoms with Crippen molar-refractivity contribution in [1.29, 1.82) is 0 Å². The van der Waals surface area contributed by atoms with Crippen molar-refractivity contribution < 1.29 is 4.79 Å². The zero-order chi connectivity index (χ0) is 12.8. The molecule has 0 aromatic rings. The summed E-state index contributed by atoms with van der Waals surface area (Å²) in [7, 11) is 0. The van der Waals surface area contributed by atoms with Crippen molar-refractivity contribution in [2.75, 3.05) is 0 Å². The van der Waals surface area contributed by atoms with Gasteiger partial charge in [0, 0.05) is 5.92 Å². The summed E-state index contributed by atoms with van der Waals surface area (Å²) in [4.78, 5) is 11.3. The van der Waals surface area contributed by atoms with Crippen molar-refractivity contribution in [2.45, 2.75) is 40.5 Å². The number of hydrogen-bond donors (Lipinski definition) is 0. The molecule has 0 aromatic heterocycles. The van der Waals surface area contributed by atoms with E-state index in [2.05, 4.69) is 33.1 Å². The molecule has 0 aliphatic carbocycles. The smallest absolute Gasteiger partial charge is 0.157 e.